The lowest BCUT2D eigenvalue weighted by Gasteiger charge is -2.26. The Morgan fingerprint density at radius 2 is 1.90 bits per heavy atom. The summed E-state index contributed by atoms with van der Waals surface area (Å²) >= 11 is 3.62. The first-order chi connectivity index (χ1) is 9.66. The van der Waals surface area contributed by atoms with Crippen LogP contribution in [0.2, 0.25) is 0 Å². The summed E-state index contributed by atoms with van der Waals surface area (Å²) in [5.74, 6) is 2.00. The summed E-state index contributed by atoms with van der Waals surface area (Å²) < 4.78 is 1.07. The summed E-state index contributed by atoms with van der Waals surface area (Å²) in [4.78, 5) is 0. The molecule has 1 aromatic carbocycles. The first kappa shape index (κ1) is 13.7. The Bertz CT molecular complexity index is 598. The Kier molecular flexibility index (Phi) is 3.83. The van der Waals surface area contributed by atoms with Crippen LogP contribution in [0.3, 0.4) is 0 Å². The van der Waals surface area contributed by atoms with Crippen molar-refractivity contribution < 1.29 is 0 Å². The van der Waals surface area contributed by atoms with Gasteiger partial charge < -0.3 is 5.73 Å². The Balaban J connectivity index is 2.00. The summed E-state index contributed by atoms with van der Waals surface area (Å²) in [7, 11) is 0. The van der Waals surface area contributed by atoms with Gasteiger partial charge in [-0.05, 0) is 24.8 Å². The Morgan fingerprint density at radius 3 is 2.60 bits per heavy atom. The predicted molar refractivity (Wildman–Crippen MR) is 86.5 cm³/mol. The van der Waals surface area contributed by atoms with E-state index in [-0.39, 0.29) is 0 Å². The normalized spacial score (nSPS) is 22.9. The highest BCUT2D eigenvalue weighted by Crippen LogP contribution is 2.42. The van der Waals surface area contributed by atoms with Crippen LogP contribution in [0.4, 0.5) is 5.82 Å². The van der Waals surface area contributed by atoms with Gasteiger partial charge in [-0.3, -0.25) is 5.10 Å². The van der Waals surface area contributed by atoms with Gasteiger partial charge in [0.05, 0.1) is 0 Å². The highest BCUT2D eigenvalue weighted by Gasteiger charge is 2.26. The van der Waals surface area contributed by atoms with Gasteiger partial charge in [0, 0.05) is 27.2 Å². The number of nitrogen functional groups attached to an aromatic ring is 1. The van der Waals surface area contributed by atoms with E-state index >= 15 is 0 Å². The molecule has 2 aromatic rings. The maximum Gasteiger partial charge on any atom is 0.153 e. The monoisotopic (exact) mass is 333 g/mol. The zero-order chi connectivity index (χ0) is 14.1. The lowest BCUT2D eigenvalue weighted by molar-refractivity contribution is 0.344. The fraction of sp³-hybridized carbons (Fsp3) is 0.438. The van der Waals surface area contributed by atoms with Gasteiger partial charge >= 0.3 is 0 Å². The van der Waals surface area contributed by atoms with Crippen LogP contribution in [0.15, 0.2) is 28.7 Å². The number of aromatic nitrogens is 2. The lowest BCUT2D eigenvalue weighted by Crippen LogP contribution is -2.12. The summed E-state index contributed by atoms with van der Waals surface area (Å²) in [5.41, 5.74) is 9.54. The molecule has 3 N–H and O–H groups in total. The molecule has 3 rings (SSSR count). The second-order valence-electron chi connectivity index (χ2n) is 5.83. The Labute approximate surface area is 128 Å². The van der Waals surface area contributed by atoms with Gasteiger partial charge in [-0.1, -0.05) is 53.9 Å². The second kappa shape index (κ2) is 5.60. The smallest absolute Gasteiger partial charge is 0.153 e. The first-order valence-electron chi connectivity index (χ1n) is 7.25. The van der Waals surface area contributed by atoms with Gasteiger partial charge in [0.2, 0.25) is 0 Å². The average molecular weight is 334 g/mol. The number of hydrogen-bond donors (Lipinski definition) is 2. The van der Waals surface area contributed by atoms with Crippen LogP contribution in [-0.4, -0.2) is 10.2 Å². The third-order valence-electron chi connectivity index (χ3n) is 4.39. The number of H-pyrrole nitrogens is 1. The molecular formula is C16H20BrN3. The molecule has 0 amide bonds. The molecule has 106 valence electrons. The Morgan fingerprint density at radius 1 is 1.20 bits per heavy atom. The topological polar surface area (TPSA) is 54.7 Å². The fourth-order valence-corrected chi connectivity index (χ4v) is 3.64. The molecule has 1 fully saturated rings. The molecule has 0 spiro atoms. The molecule has 1 aromatic heterocycles. The van der Waals surface area contributed by atoms with Gasteiger partial charge in [0.25, 0.3) is 0 Å². The molecule has 0 unspecified atom stereocenters. The molecule has 4 heteroatoms. The average Bonchev–Trinajstić information content (AvgIpc) is 2.82. The number of nitrogens with zero attached hydrogens (tertiary/aromatic N) is 1. The van der Waals surface area contributed by atoms with E-state index in [1.54, 1.807) is 0 Å². The second-order valence-corrected chi connectivity index (χ2v) is 6.69. The molecule has 20 heavy (non-hydrogen) atoms. The van der Waals surface area contributed by atoms with Crippen LogP contribution in [0.1, 0.15) is 44.2 Å². The van der Waals surface area contributed by atoms with Crippen LogP contribution < -0.4 is 5.73 Å². The highest BCUT2D eigenvalue weighted by atomic mass is 79.9. The van der Waals surface area contributed by atoms with Crippen LogP contribution in [0.5, 0.6) is 0 Å². The molecule has 1 aliphatic carbocycles. The van der Waals surface area contributed by atoms with Crippen LogP contribution in [-0.2, 0) is 0 Å². The number of nitrogens with two attached hydrogens (primary N) is 1. The molecule has 0 saturated heterocycles. The van der Waals surface area contributed by atoms with E-state index in [0.717, 1.165) is 21.5 Å². The van der Waals surface area contributed by atoms with Gasteiger partial charge in [-0.25, -0.2) is 0 Å². The standard InChI is InChI=1S/C16H20BrN3/c1-10-6-8-11(9-7-10)15-14(16(18)20-19-15)12-4-2-3-5-13(12)17/h2-5,10-11H,6-9H2,1H3,(H3,18,19,20). The first-order valence-corrected chi connectivity index (χ1v) is 8.04. The van der Waals surface area contributed by atoms with E-state index in [4.69, 9.17) is 5.73 Å². The number of benzene rings is 1. The molecule has 0 bridgehead atoms. The van der Waals surface area contributed by atoms with Crippen LogP contribution in [0, 0.1) is 5.92 Å². The molecule has 1 heterocycles. The highest BCUT2D eigenvalue weighted by molar-refractivity contribution is 9.10. The van der Waals surface area contributed by atoms with Crippen molar-refractivity contribution in [1.29, 1.82) is 0 Å². The summed E-state index contributed by atoms with van der Waals surface area (Å²) in [6.45, 7) is 2.34. The maximum atomic E-state index is 6.11. The van der Waals surface area contributed by atoms with E-state index in [1.165, 1.54) is 31.4 Å². The zero-order valence-electron chi connectivity index (χ0n) is 11.7. The minimum Gasteiger partial charge on any atom is -0.382 e. The minimum atomic E-state index is 0.554. The van der Waals surface area contributed by atoms with Crippen molar-refractivity contribution in [2.75, 3.05) is 5.73 Å². The number of hydrogen-bond acceptors (Lipinski definition) is 2. The van der Waals surface area contributed by atoms with Crippen LogP contribution >= 0.6 is 15.9 Å². The van der Waals surface area contributed by atoms with Gasteiger partial charge in [0.15, 0.2) is 5.82 Å². The zero-order valence-corrected chi connectivity index (χ0v) is 13.3. The van der Waals surface area contributed by atoms with Crippen molar-refractivity contribution in [2.45, 2.75) is 38.5 Å². The molecule has 0 aliphatic heterocycles. The number of nitrogens with one attached hydrogen (secondary N) is 1. The molecule has 1 saturated carbocycles. The van der Waals surface area contributed by atoms with E-state index in [9.17, 15) is 0 Å². The summed E-state index contributed by atoms with van der Waals surface area (Å²) in [6.07, 6.45) is 5.03. The van der Waals surface area contributed by atoms with Crippen molar-refractivity contribution in [3.05, 3.63) is 34.4 Å². The quantitative estimate of drug-likeness (QED) is 0.835. The van der Waals surface area contributed by atoms with E-state index in [1.807, 2.05) is 12.1 Å². The van der Waals surface area contributed by atoms with Crippen LogP contribution in [0.25, 0.3) is 11.1 Å². The largest absolute Gasteiger partial charge is 0.382 e. The number of aromatic amines is 1. The van der Waals surface area contributed by atoms with Gasteiger partial charge in [-0.15, -0.1) is 0 Å². The number of rotatable bonds is 2. The van der Waals surface area contributed by atoms with Gasteiger partial charge in [0.1, 0.15) is 0 Å². The van der Waals surface area contributed by atoms with E-state index in [2.05, 4.69) is 45.2 Å². The Hall–Kier alpha value is -1.29. The third kappa shape index (κ3) is 2.49. The van der Waals surface area contributed by atoms with Crippen molar-refractivity contribution >= 4 is 21.7 Å². The SMILES string of the molecule is CC1CCC(c2[nH]nc(N)c2-c2ccccc2Br)CC1. The van der Waals surface area contributed by atoms with E-state index in [0.29, 0.717) is 11.7 Å². The fourth-order valence-electron chi connectivity index (χ4n) is 3.16. The molecule has 3 nitrogen and oxygen atoms in total. The molecule has 0 radical (unpaired) electrons. The number of anilines is 1. The van der Waals surface area contributed by atoms with Crippen molar-refractivity contribution in [2.24, 2.45) is 5.92 Å². The molecular weight excluding hydrogens is 314 g/mol. The van der Waals surface area contributed by atoms with Crippen molar-refractivity contribution in [3.63, 3.8) is 0 Å². The maximum absolute atomic E-state index is 6.11. The van der Waals surface area contributed by atoms with Crippen molar-refractivity contribution in [3.8, 4) is 11.1 Å². The van der Waals surface area contributed by atoms with E-state index < -0.39 is 0 Å². The summed E-state index contributed by atoms with van der Waals surface area (Å²) in [6, 6.07) is 8.21. The minimum absolute atomic E-state index is 0.554. The molecule has 0 atom stereocenters. The molecule has 1 aliphatic rings. The third-order valence-corrected chi connectivity index (χ3v) is 5.08. The lowest BCUT2D eigenvalue weighted by atomic mass is 9.80. The van der Waals surface area contributed by atoms with Crippen molar-refractivity contribution in [1.82, 2.24) is 10.2 Å². The van der Waals surface area contributed by atoms with Gasteiger partial charge in [-0.2, -0.15) is 5.10 Å². The predicted octanol–water partition coefficient (Wildman–Crippen LogP) is 4.72. The number of halogens is 1. The summed E-state index contributed by atoms with van der Waals surface area (Å²) in [5, 5.41) is 7.45.